The molecule has 0 aromatic heterocycles. The van der Waals surface area contributed by atoms with Gasteiger partial charge in [0.05, 0.1) is 0 Å². The Morgan fingerprint density at radius 1 is 1.33 bits per heavy atom. The van der Waals surface area contributed by atoms with E-state index < -0.39 is 17.9 Å². The standard InChI is InChI=1S/C8H15NO3/c1-4(2)6(5(3)10)7(9)8(11)12/h4,6-7H,9H2,1-3H3,(H,11,12)/t6?,7-/m0/s1. The molecule has 1 unspecified atom stereocenters. The number of rotatable bonds is 4. The van der Waals surface area contributed by atoms with Crippen LogP contribution in [0, 0.1) is 11.8 Å². The molecule has 0 aromatic carbocycles. The van der Waals surface area contributed by atoms with Crippen LogP contribution in [0.3, 0.4) is 0 Å². The normalized spacial score (nSPS) is 15.8. The molecule has 0 aliphatic heterocycles. The Bertz CT molecular complexity index is 189. The van der Waals surface area contributed by atoms with Crippen LogP contribution < -0.4 is 5.73 Å². The molecule has 0 bridgehead atoms. The summed E-state index contributed by atoms with van der Waals surface area (Å²) in [5.74, 6) is -1.90. The average molecular weight is 173 g/mol. The summed E-state index contributed by atoms with van der Waals surface area (Å²) in [7, 11) is 0. The highest BCUT2D eigenvalue weighted by atomic mass is 16.4. The molecule has 2 atom stereocenters. The molecule has 0 saturated carbocycles. The highest BCUT2D eigenvalue weighted by Gasteiger charge is 2.30. The van der Waals surface area contributed by atoms with Crippen molar-refractivity contribution in [3.05, 3.63) is 0 Å². The maximum atomic E-state index is 11.0. The molecule has 0 amide bonds. The van der Waals surface area contributed by atoms with Gasteiger partial charge >= 0.3 is 5.97 Å². The topological polar surface area (TPSA) is 80.4 Å². The third kappa shape index (κ3) is 2.62. The molecule has 0 aliphatic rings. The lowest BCUT2D eigenvalue weighted by Crippen LogP contribution is -2.43. The van der Waals surface area contributed by atoms with E-state index >= 15 is 0 Å². The minimum absolute atomic E-state index is 0.0337. The van der Waals surface area contributed by atoms with Gasteiger partial charge in [0.25, 0.3) is 0 Å². The van der Waals surface area contributed by atoms with Crippen LogP contribution in [0.15, 0.2) is 0 Å². The van der Waals surface area contributed by atoms with Crippen LogP contribution in [0.5, 0.6) is 0 Å². The number of aliphatic carboxylic acids is 1. The summed E-state index contributed by atoms with van der Waals surface area (Å²) in [6, 6.07) is -1.08. The number of carboxylic acid groups (broad SMARTS) is 1. The molecule has 12 heavy (non-hydrogen) atoms. The van der Waals surface area contributed by atoms with Crippen LogP contribution in [-0.2, 0) is 9.59 Å². The van der Waals surface area contributed by atoms with Gasteiger partial charge in [-0.05, 0) is 12.8 Å². The van der Waals surface area contributed by atoms with Gasteiger partial charge in [0.15, 0.2) is 0 Å². The van der Waals surface area contributed by atoms with E-state index in [1.165, 1.54) is 6.92 Å². The van der Waals surface area contributed by atoms with Crippen molar-refractivity contribution >= 4 is 11.8 Å². The number of hydrogen-bond acceptors (Lipinski definition) is 3. The molecule has 0 radical (unpaired) electrons. The van der Waals surface area contributed by atoms with Crippen LogP contribution in [-0.4, -0.2) is 22.9 Å². The first kappa shape index (κ1) is 11.1. The number of carbonyl (C=O) groups is 2. The molecule has 4 nitrogen and oxygen atoms in total. The van der Waals surface area contributed by atoms with E-state index in [9.17, 15) is 9.59 Å². The van der Waals surface area contributed by atoms with Crippen LogP contribution in [0.25, 0.3) is 0 Å². The minimum atomic E-state index is -1.12. The number of nitrogens with two attached hydrogens (primary N) is 1. The summed E-state index contributed by atoms with van der Waals surface area (Å²) in [6.07, 6.45) is 0. The summed E-state index contributed by atoms with van der Waals surface area (Å²) in [5, 5.41) is 8.57. The lowest BCUT2D eigenvalue weighted by Gasteiger charge is -2.21. The van der Waals surface area contributed by atoms with Gasteiger partial charge in [-0.3, -0.25) is 9.59 Å². The molecule has 3 N–H and O–H groups in total. The van der Waals surface area contributed by atoms with Crippen LogP contribution >= 0.6 is 0 Å². The quantitative estimate of drug-likeness (QED) is 0.639. The molecule has 0 rings (SSSR count). The number of ketones is 1. The Labute approximate surface area is 71.8 Å². The molecular formula is C8H15NO3. The smallest absolute Gasteiger partial charge is 0.321 e. The lowest BCUT2D eigenvalue weighted by molar-refractivity contribution is -0.143. The number of carboxylic acids is 1. The first-order valence-electron chi connectivity index (χ1n) is 3.86. The van der Waals surface area contributed by atoms with E-state index in [-0.39, 0.29) is 11.7 Å². The highest BCUT2D eigenvalue weighted by molar-refractivity contribution is 5.86. The Morgan fingerprint density at radius 3 is 1.83 bits per heavy atom. The van der Waals surface area contributed by atoms with E-state index in [0.717, 1.165) is 0 Å². The van der Waals surface area contributed by atoms with Gasteiger partial charge in [-0.1, -0.05) is 13.8 Å². The molecule has 0 saturated heterocycles. The van der Waals surface area contributed by atoms with Crippen molar-refractivity contribution in [3.8, 4) is 0 Å². The summed E-state index contributed by atoms with van der Waals surface area (Å²) >= 11 is 0. The molecule has 0 spiro atoms. The zero-order valence-electron chi connectivity index (χ0n) is 7.57. The Morgan fingerprint density at radius 2 is 1.75 bits per heavy atom. The van der Waals surface area contributed by atoms with E-state index in [0.29, 0.717) is 0 Å². The van der Waals surface area contributed by atoms with E-state index in [1.54, 1.807) is 13.8 Å². The summed E-state index contributed by atoms with van der Waals surface area (Å²) in [5.41, 5.74) is 5.34. The van der Waals surface area contributed by atoms with Crippen molar-refractivity contribution in [2.45, 2.75) is 26.8 Å². The fraction of sp³-hybridized carbons (Fsp3) is 0.750. The third-order valence-electron chi connectivity index (χ3n) is 1.86. The second-order valence-electron chi connectivity index (χ2n) is 3.24. The van der Waals surface area contributed by atoms with Gasteiger partial charge in [-0.25, -0.2) is 0 Å². The van der Waals surface area contributed by atoms with Crippen molar-refractivity contribution in [3.63, 3.8) is 0 Å². The zero-order chi connectivity index (χ0) is 9.89. The largest absolute Gasteiger partial charge is 0.480 e. The van der Waals surface area contributed by atoms with Gasteiger partial charge in [0.2, 0.25) is 0 Å². The lowest BCUT2D eigenvalue weighted by atomic mass is 9.86. The SMILES string of the molecule is CC(=O)C(C(C)C)[C@H](N)C(=O)O. The second-order valence-corrected chi connectivity index (χ2v) is 3.24. The Kier molecular flexibility index (Phi) is 3.89. The monoisotopic (exact) mass is 173 g/mol. The van der Waals surface area contributed by atoms with E-state index in [4.69, 9.17) is 10.8 Å². The summed E-state index contributed by atoms with van der Waals surface area (Å²) in [4.78, 5) is 21.5. The fourth-order valence-electron chi connectivity index (χ4n) is 1.29. The second kappa shape index (κ2) is 4.21. The Hall–Kier alpha value is -0.900. The first-order chi connectivity index (χ1) is 5.37. The van der Waals surface area contributed by atoms with Gasteiger partial charge in [-0.2, -0.15) is 0 Å². The number of carbonyl (C=O) groups excluding carboxylic acids is 1. The van der Waals surface area contributed by atoms with Crippen molar-refractivity contribution in [2.24, 2.45) is 17.6 Å². The summed E-state index contributed by atoms with van der Waals surface area (Å²) < 4.78 is 0. The predicted molar refractivity (Wildman–Crippen MR) is 44.6 cm³/mol. The molecule has 4 heteroatoms. The summed E-state index contributed by atoms with van der Waals surface area (Å²) in [6.45, 7) is 4.94. The van der Waals surface area contributed by atoms with Crippen LogP contribution in [0.4, 0.5) is 0 Å². The molecule has 0 aliphatic carbocycles. The zero-order valence-corrected chi connectivity index (χ0v) is 7.57. The van der Waals surface area contributed by atoms with Crippen molar-refractivity contribution in [1.29, 1.82) is 0 Å². The highest BCUT2D eigenvalue weighted by Crippen LogP contribution is 2.15. The number of Topliss-reactive ketones (excluding diaryl/α,β-unsaturated/α-hetero) is 1. The van der Waals surface area contributed by atoms with Crippen molar-refractivity contribution in [2.75, 3.05) is 0 Å². The molecular weight excluding hydrogens is 158 g/mol. The predicted octanol–water partition coefficient (Wildman–Crippen LogP) is 0.260. The first-order valence-corrected chi connectivity index (χ1v) is 3.86. The minimum Gasteiger partial charge on any atom is -0.480 e. The molecule has 70 valence electrons. The van der Waals surface area contributed by atoms with Gasteiger partial charge in [-0.15, -0.1) is 0 Å². The van der Waals surface area contributed by atoms with Gasteiger partial charge in [0, 0.05) is 5.92 Å². The van der Waals surface area contributed by atoms with Crippen LogP contribution in [0.1, 0.15) is 20.8 Å². The Balaban J connectivity index is 4.51. The molecule has 0 heterocycles. The average Bonchev–Trinajstić information content (AvgIpc) is 1.85. The van der Waals surface area contributed by atoms with Crippen molar-refractivity contribution < 1.29 is 14.7 Å². The molecule has 0 aromatic rings. The fourth-order valence-corrected chi connectivity index (χ4v) is 1.29. The van der Waals surface area contributed by atoms with E-state index in [1.807, 2.05) is 0 Å². The van der Waals surface area contributed by atoms with Crippen LogP contribution in [0.2, 0.25) is 0 Å². The van der Waals surface area contributed by atoms with Gasteiger partial charge in [0.1, 0.15) is 11.8 Å². The van der Waals surface area contributed by atoms with Gasteiger partial charge < -0.3 is 10.8 Å². The third-order valence-corrected chi connectivity index (χ3v) is 1.86. The van der Waals surface area contributed by atoms with E-state index in [2.05, 4.69) is 0 Å². The number of hydrogen-bond donors (Lipinski definition) is 2. The maximum Gasteiger partial charge on any atom is 0.321 e. The maximum absolute atomic E-state index is 11.0. The van der Waals surface area contributed by atoms with Crippen molar-refractivity contribution in [1.82, 2.24) is 0 Å². The molecule has 0 fully saturated rings.